The zero-order valence-corrected chi connectivity index (χ0v) is 12.3. The third kappa shape index (κ3) is 1.93. The van der Waals surface area contributed by atoms with Crippen molar-refractivity contribution in [2.45, 2.75) is 18.6 Å². The van der Waals surface area contributed by atoms with E-state index >= 15 is 0 Å². The predicted molar refractivity (Wildman–Crippen MR) is 78.8 cm³/mol. The molecule has 7 heteroatoms. The number of fused-ring (bicyclic) bond motifs is 3. The van der Waals surface area contributed by atoms with Crippen molar-refractivity contribution in [2.24, 2.45) is 10.9 Å². The molecule has 6 rings (SSSR count). The summed E-state index contributed by atoms with van der Waals surface area (Å²) in [5.41, 5.74) is 2.27. The van der Waals surface area contributed by atoms with Crippen LogP contribution in [0.25, 0.3) is 11.0 Å². The lowest BCUT2D eigenvalue weighted by atomic mass is 9.81. The molecule has 3 saturated heterocycles. The van der Waals surface area contributed by atoms with Gasteiger partial charge in [0.05, 0.1) is 6.54 Å². The highest BCUT2D eigenvalue weighted by Crippen LogP contribution is 2.41. The Morgan fingerprint density at radius 1 is 1.22 bits per heavy atom. The first-order valence-corrected chi connectivity index (χ1v) is 7.78. The van der Waals surface area contributed by atoms with E-state index in [0.29, 0.717) is 22.9 Å². The number of amidine groups is 1. The second-order valence-electron chi connectivity index (χ2n) is 6.48. The lowest BCUT2D eigenvalue weighted by molar-refractivity contribution is -0.155. The molecule has 2 bridgehead atoms. The van der Waals surface area contributed by atoms with E-state index in [1.165, 1.54) is 6.07 Å². The van der Waals surface area contributed by atoms with Gasteiger partial charge in [0, 0.05) is 17.4 Å². The number of piperidine rings is 3. The molecule has 0 unspecified atom stereocenters. The fraction of sp³-hybridized carbons (Fsp3) is 0.438. The van der Waals surface area contributed by atoms with Crippen LogP contribution < -0.4 is 5.48 Å². The molecule has 0 aliphatic carbocycles. The summed E-state index contributed by atoms with van der Waals surface area (Å²) >= 11 is 0. The minimum Gasteiger partial charge on any atom is -0.450 e. The largest absolute Gasteiger partial charge is 0.450 e. The summed E-state index contributed by atoms with van der Waals surface area (Å²) in [6.07, 6.45) is 2.11. The Morgan fingerprint density at radius 3 is 2.78 bits per heavy atom. The first-order valence-electron chi connectivity index (χ1n) is 7.78. The highest BCUT2D eigenvalue weighted by atomic mass is 19.1. The second kappa shape index (κ2) is 4.52. The molecule has 1 atom stereocenters. The molecular formula is C16H15F2N3O2. The molecule has 4 aliphatic heterocycles. The van der Waals surface area contributed by atoms with Crippen molar-refractivity contribution in [2.75, 3.05) is 19.6 Å². The molecular weight excluding hydrogens is 304 g/mol. The maximum atomic E-state index is 13.8. The summed E-state index contributed by atoms with van der Waals surface area (Å²) in [7, 11) is 0. The fourth-order valence-electron chi connectivity index (χ4n) is 3.90. The predicted octanol–water partition coefficient (Wildman–Crippen LogP) is 2.41. The summed E-state index contributed by atoms with van der Waals surface area (Å²) in [5.74, 6) is -0.180. The highest BCUT2D eigenvalue weighted by molar-refractivity contribution is 6.00. The topological polar surface area (TPSA) is 50.0 Å². The van der Waals surface area contributed by atoms with Crippen LogP contribution in [0.5, 0.6) is 0 Å². The normalized spacial score (nSPS) is 32.5. The highest BCUT2D eigenvalue weighted by Gasteiger charge is 2.51. The molecule has 1 N–H and O–H groups in total. The summed E-state index contributed by atoms with van der Waals surface area (Å²) in [6.45, 7) is 2.91. The summed E-state index contributed by atoms with van der Waals surface area (Å²) in [4.78, 5) is 12.9. The minimum atomic E-state index is -0.719. The molecule has 1 spiro atoms. The number of aliphatic imine (C=N–C) groups is 1. The molecule has 0 saturated carbocycles. The van der Waals surface area contributed by atoms with Crippen LogP contribution in [-0.2, 0) is 4.84 Å². The van der Waals surface area contributed by atoms with E-state index < -0.39 is 17.4 Å². The molecule has 3 fully saturated rings. The molecule has 1 aromatic heterocycles. The third-order valence-electron chi connectivity index (χ3n) is 5.07. The second-order valence-corrected chi connectivity index (χ2v) is 6.48. The number of furan rings is 1. The summed E-state index contributed by atoms with van der Waals surface area (Å²) in [6, 6.07) is 3.63. The van der Waals surface area contributed by atoms with Crippen LogP contribution in [0, 0.1) is 17.6 Å². The van der Waals surface area contributed by atoms with Crippen molar-refractivity contribution >= 4 is 16.8 Å². The van der Waals surface area contributed by atoms with Crippen LogP contribution in [0.4, 0.5) is 8.78 Å². The average Bonchev–Trinajstić information content (AvgIpc) is 3.13. The first-order chi connectivity index (χ1) is 11.1. The van der Waals surface area contributed by atoms with Crippen LogP contribution >= 0.6 is 0 Å². The van der Waals surface area contributed by atoms with Gasteiger partial charge in [-0.1, -0.05) is 0 Å². The smallest absolute Gasteiger partial charge is 0.203 e. The van der Waals surface area contributed by atoms with Gasteiger partial charge in [-0.2, -0.15) is 0 Å². The Balaban J connectivity index is 1.55. The van der Waals surface area contributed by atoms with Gasteiger partial charge in [-0.25, -0.2) is 24.1 Å². The van der Waals surface area contributed by atoms with Gasteiger partial charge in [0.2, 0.25) is 5.72 Å². The number of hydroxylamine groups is 1. The molecule has 0 radical (unpaired) electrons. The van der Waals surface area contributed by atoms with Gasteiger partial charge in [0.15, 0.2) is 23.0 Å². The number of hydrogen-bond donors (Lipinski definition) is 1. The molecule has 0 amide bonds. The van der Waals surface area contributed by atoms with E-state index in [4.69, 9.17) is 14.2 Å². The first kappa shape index (κ1) is 13.4. The minimum absolute atomic E-state index is 0.0285. The fourth-order valence-corrected chi connectivity index (χ4v) is 3.90. The molecule has 4 aliphatic rings. The summed E-state index contributed by atoms with van der Waals surface area (Å²) in [5, 5.41) is 0.372. The number of nitrogens with zero attached hydrogens (tertiary/aromatic N) is 2. The Labute approximate surface area is 130 Å². The number of halogens is 2. The van der Waals surface area contributed by atoms with Crippen LogP contribution in [-0.4, -0.2) is 36.1 Å². The van der Waals surface area contributed by atoms with E-state index in [0.717, 1.165) is 38.5 Å². The summed E-state index contributed by atoms with van der Waals surface area (Å²) < 4.78 is 32.6. The van der Waals surface area contributed by atoms with E-state index in [2.05, 4.69) is 10.4 Å². The van der Waals surface area contributed by atoms with Crippen molar-refractivity contribution in [1.82, 2.24) is 10.4 Å². The Kier molecular flexibility index (Phi) is 2.64. The van der Waals surface area contributed by atoms with Crippen LogP contribution in [0.1, 0.15) is 18.6 Å². The van der Waals surface area contributed by atoms with Gasteiger partial charge in [-0.3, -0.25) is 4.90 Å². The Morgan fingerprint density at radius 2 is 2.04 bits per heavy atom. The van der Waals surface area contributed by atoms with Gasteiger partial charge in [0.1, 0.15) is 5.82 Å². The zero-order chi connectivity index (χ0) is 15.6. The molecule has 2 aromatic rings. The third-order valence-corrected chi connectivity index (χ3v) is 5.07. The van der Waals surface area contributed by atoms with Gasteiger partial charge in [-0.15, -0.1) is 0 Å². The van der Waals surface area contributed by atoms with Gasteiger partial charge < -0.3 is 4.42 Å². The maximum absolute atomic E-state index is 13.8. The van der Waals surface area contributed by atoms with E-state index in [1.807, 2.05) is 0 Å². The maximum Gasteiger partial charge on any atom is 0.203 e. The SMILES string of the molecule is Fc1cc(F)c2oc(C3=N[C@]4(CN5CCC4CC5)ON3)cc2c1. The standard InChI is InChI=1S/C16H15F2N3O2/c17-11-5-9-6-13(22-14(9)12(18)7-11)15-19-16(23-20-15)8-21-3-1-10(16)2-4-21/h5-7,10H,1-4,8H2,(H,19,20)/t16-/m1/s1. The Bertz CT molecular complexity index is 826. The van der Waals surface area contributed by atoms with E-state index in [1.54, 1.807) is 6.07 Å². The molecule has 5 nitrogen and oxygen atoms in total. The quantitative estimate of drug-likeness (QED) is 0.877. The van der Waals surface area contributed by atoms with E-state index in [-0.39, 0.29) is 5.58 Å². The van der Waals surface area contributed by atoms with Crippen molar-refractivity contribution in [3.63, 3.8) is 0 Å². The van der Waals surface area contributed by atoms with Crippen LogP contribution in [0.3, 0.4) is 0 Å². The van der Waals surface area contributed by atoms with Crippen molar-refractivity contribution in [3.8, 4) is 0 Å². The van der Waals surface area contributed by atoms with Crippen LogP contribution in [0.15, 0.2) is 27.6 Å². The average molecular weight is 319 g/mol. The Hall–Kier alpha value is -1.99. The van der Waals surface area contributed by atoms with Crippen molar-refractivity contribution < 1.29 is 18.0 Å². The molecule has 120 valence electrons. The van der Waals surface area contributed by atoms with Gasteiger partial charge >= 0.3 is 0 Å². The number of nitrogens with one attached hydrogen (secondary N) is 1. The van der Waals surface area contributed by atoms with Crippen LogP contribution in [0.2, 0.25) is 0 Å². The lowest BCUT2D eigenvalue weighted by Crippen LogP contribution is -2.58. The zero-order valence-electron chi connectivity index (χ0n) is 12.3. The molecule has 1 aromatic carbocycles. The van der Waals surface area contributed by atoms with Gasteiger partial charge in [0.25, 0.3) is 0 Å². The lowest BCUT2D eigenvalue weighted by Gasteiger charge is -2.47. The monoisotopic (exact) mass is 319 g/mol. The molecule has 5 heterocycles. The number of rotatable bonds is 1. The van der Waals surface area contributed by atoms with Gasteiger partial charge in [-0.05, 0) is 38.1 Å². The number of benzene rings is 1. The van der Waals surface area contributed by atoms with Crippen molar-refractivity contribution in [1.29, 1.82) is 0 Å². The number of hydrogen-bond acceptors (Lipinski definition) is 5. The van der Waals surface area contributed by atoms with Crippen molar-refractivity contribution in [3.05, 3.63) is 35.6 Å². The molecule has 23 heavy (non-hydrogen) atoms. The van der Waals surface area contributed by atoms with E-state index in [9.17, 15) is 8.78 Å².